The molecule has 6 rings (SSSR count). The third kappa shape index (κ3) is 8.50. The van der Waals surface area contributed by atoms with E-state index < -0.39 is 32.0 Å². The van der Waals surface area contributed by atoms with Crippen LogP contribution in [0.15, 0.2) is 95.2 Å². The van der Waals surface area contributed by atoms with Crippen molar-refractivity contribution in [3.63, 3.8) is 0 Å². The number of non-ortho nitro benzene ring substituents is 1. The number of hydrogen-bond acceptors (Lipinski definition) is 11. The number of esters is 2. The number of nitrogens with two attached hydrogens (primary N) is 1. The average molecular weight is 777 g/mol. The molecule has 6 aromatic rings. The fourth-order valence-electron chi connectivity index (χ4n) is 5.26. The molecule has 2 aromatic heterocycles. The van der Waals surface area contributed by atoms with Gasteiger partial charge in [0, 0.05) is 11.8 Å². The second-order valence-corrected chi connectivity index (χ2v) is 15.9. The maximum atomic E-state index is 14.7. The highest BCUT2D eigenvalue weighted by molar-refractivity contribution is 8.01. The van der Waals surface area contributed by atoms with Crippen LogP contribution < -0.4 is 5.73 Å². The number of hydrogen-bond donors (Lipinski definition) is 1. The lowest BCUT2D eigenvalue weighted by Crippen LogP contribution is -2.30. The Bertz CT molecular complexity index is 2360. The molecule has 0 atom stereocenters. The molecule has 282 valence electrons. The van der Waals surface area contributed by atoms with Gasteiger partial charge in [0.2, 0.25) is 0 Å². The number of nitro groups is 1. The van der Waals surface area contributed by atoms with Gasteiger partial charge in [-0.1, -0.05) is 47.8 Å². The van der Waals surface area contributed by atoms with Crippen molar-refractivity contribution in [1.82, 2.24) is 19.1 Å². The summed E-state index contributed by atoms with van der Waals surface area (Å²) in [6, 6.07) is 22.5. The molecule has 0 saturated heterocycles. The van der Waals surface area contributed by atoms with Crippen molar-refractivity contribution in [2.24, 2.45) is 0 Å². The summed E-state index contributed by atoms with van der Waals surface area (Å²) in [6.07, 6.45) is 0. The van der Waals surface area contributed by atoms with Crippen LogP contribution in [0.3, 0.4) is 0 Å². The Morgan fingerprint density at radius 1 is 0.741 bits per heavy atom. The van der Waals surface area contributed by atoms with Crippen molar-refractivity contribution >= 4 is 68.9 Å². The van der Waals surface area contributed by atoms with Crippen LogP contribution in [0, 0.1) is 21.7 Å². The highest BCUT2D eigenvalue weighted by Crippen LogP contribution is 2.39. The number of para-hydroxylation sites is 4. The van der Waals surface area contributed by atoms with E-state index in [2.05, 4.69) is 9.97 Å². The number of anilines is 1. The van der Waals surface area contributed by atoms with E-state index >= 15 is 0 Å². The van der Waals surface area contributed by atoms with Gasteiger partial charge in [-0.3, -0.25) is 28.8 Å². The summed E-state index contributed by atoms with van der Waals surface area (Å²) in [7, 11) is 0. The largest absolute Gasteiger partial charge is 0.465 e. The van der Waals surface area contributed by atoms with E-state index in [-0.39, 0.29) is 24.0 Å². The van der Waals surface area contributed by atoms with Crippen molar-refractivity contribution in [2.75, 3.05) is 18.9 Å². The van der Waals surface area contributed by atoms with Gasteiger partial charge in [-0.15, -0.1) is 0 Å². The fraction of sp³-hybridized carbons (Fsp3) is 0.263. The highest BCUT2D eigenvalue weighted by Gasteiger charge is 2.35. The first-order chi connectivity index (χ1) is 25.6. The molecule has 0 amide bonds. The van der Waals surface area contributed by atoms with E-state index in [1.54, 1.807) is 87.1 Å². The molecule has 12 nitrogen and oxygen atoms in total. The van der Waals surface area contributed by atoms with Crippen molar-refractivity contribution in [3.8, 4) is 11.4 Å². The first-order valence-corrected chi connectivity index (χ1v) is 18.4. The lowest BCUT2D eigenvalue weighted by atomic mass is 10.2. The number of carbonyl (C=O) groups excluding carboxylic acids is 2. The van der Waals surface area contributed by atoms with E-state index in [4.69, 9.17) is 15.2 Å². The second kappa shape index (κ2) is 16.3. The molecule has 0 aliphatic carbocycles. The molecule has 0 saturated carbocycles. The Kier molecular flexibility index (Phi) is 12.0. The molecule has 0 radical (unpaired) electrons. The lowest BCUT2D eigenvalue weighted by molar-refractivity contribution is -0.385. The van der Waals surface area contributed by atoms with Gasteiger partial charge in [0.1, 0.15) is 15.3 Å². The predicted molar refractivity (Wildman–Crippen MR) is 206 cm³/mol. The number of aromatic nitrogens is 4. The van der Waals surface area contributed by atoms with Crippen LogP contribution in [-0.2, 0) is 19.1 Å². The molecular formula is C38H38F2N6O6S2. The zero-order chi connectivity index (χ0) is 39.4. The summed E-state index contributed by atoms with van der Waals surface area (Å²) >= 11 is 2.37. The molecule has 0 aliphatic heterocycles. The van der Waals surface area contributed by atoms with Crippen LogP contribution >= 0.6 is 23.5 Å². The Hall–Kier alpha value is -5.48. The van der Waals surface area contributed by atoms with E-state index in [1.807, 2.05) is 24.3 Å². The van der Waals surface area contributed by atoms with Crippen LogP contribution in [0.2, 0.25) is 0 Å². The van der Waals surface area contributed by atoms with E-state index in [1.165, 1.54) is 30.0 Å². The van der Waals surface area contributed by atoms with Crippen molar-refractivity contribution in [2.45, 2.75) is 61.3 Å². The van der Waals surface area contributed by atoms with Gasteiger partial charge >= 0.3 is 11.9 Å². The zero-order valence-electron chi connectivity index (χ0n) is 30.3. The molecule has 4 aromatic carbocycles. The second-order valence-electron chi connectivity index (χ2n) is 12.7. The van der Waals surface area contributed by atoms with Gasteiger partial charge in [0.25, 0.3) is 5.69 Å². The molecule has 54 heavy (non-hydrogen) atoms. The van der Waals surface area contributed by atoms with Crippen LogP contribution in [0.4, 0.5) is 20.2 Å². The maximum absolute atomic E-state index is 14.7. The monoisotopic (exact) mass is 776 g/mol. The number of carbonyl (C=O) groups is 2. The molecular weight excluding hydrogens is 739 g/mol. The van der Waals surface area contributed by atoms with Gasteiger partial charge < -0.3 is 15.2 Å². The quantitative estimate of drug-likeness (QED) is 0.0441. The third-order valence-electron chi connectivity index (χ3n) is 7.88. The third-order valence-corrected chi connectivity index (χ3v) is 10.1. The Morgan fingerprint density at radius 3 is 1.57 bits per heavy atom. The number of nitrogens with zero attached hydrogens (tertiary/aromatic N) is 5. The standard InChI is InChI=1S/C19H18FN3O4S.C19H20FN3O2S/c1-4-27-17(24)19(2,3)28-18-21-14-7-5-6-8-16(14)22(18)15-10-9-12(23(25)26)11-13(15)20;1-4-25-17(24)19(2,3)26-18-22-14-7-5-6-8-16(14)23(18)15-10-9-12(21)11-13(15)20/h5-11H,4H2,1-3H3;5-11H,4,21H2,1-3H3. The van der Waals surface area contributed by atoms with Crippen LogP contribution in [0.5, 0.6) is 0 Å². The topological polar surface area (TPSA) is 157 Å². The van der Waals surface area contributed by atoms with Crippen LogP contribution in [0.1, 0.15) is 41.5 Å². The first kappa shape index (κ1) is 39.7. The molecule has 2 heterocycles. The summed E-state index contributed by atoms with van der Waals surface area (Å²) in [5.41, 5.74) is 8.82. The smallest absolute Gasteiger partial charge is 0.322 e. The van der Waals surface area contributed by atoms with E-state index in [9.17, 15) is 28.5 Å². The van der Waals surface area contributed by atoms with Gasteiger partial charge in [-0.25, -0.2) is 18.7 Å². The van der Waals surface area contributed by atoms with Gasteiger partial charge in [0.15, 0.2) is 16.1 Å². The fourth-order valence-corrected chi connectivity index (χ4v) is 7.32. The van der Waals surface area contributed by atoms with Crippen LogP contribution in [-0.4, -0.2) is 58.7 Å². The first-order valence-electron chi connectivity index (χ1n) is 16.7. The number of ether oxygens (including phenoxy) is 2. The highest BCUT2D eigenvalue weighted by atomic mass is 32.2. The summed E-state index contributed by atoms with van der Waals surface area (Å²) < 4.78 is 41.0. The van der Waals surface area contributed by atoms with Crippen molar-refractivity contribution < 1.29 is 32.8 Å². The molecule has 0 bridgehead atoms. The lowest BCUT2D eigenvalue weighted by Gasteiger charge is -2.21. The normalized spacial score (nSPS) is 11.6. The minimum atomic E-state index is -0.966. The Labute approximate surface area is 318 Å². The summed E-state index contributed by atoms with van der Waals surface area (Å²) in [5.74, 6) is -1.97. The minimum absolute atomic E-state index is 0.112. The van der Waals surface area contributed by atoms with Gasteiger partial charge in [-0.2, -0.15) is 0 Å². The summed E-state index contributed by atoms with van der Waals surface area (Å²) in [6.45, 7) is 11.0. The SMILES string of the molecule is CCOC(=O)C(C)(C)Sc1nc2ccccc2n1-c1ccc(N)cc1F.CCOC(=O)C(C)(C)Sc1nc2ccccc2n1-c1ccc([N+](=O)[O-])cc1F. The van der Waals surface area contributed by atoms with Crippen molar-refractivity contribution in [3.05, 3.63) is 107 Å². The summed E-state index contributed by atoms with van der Waals surface area (Å²) in [5, 5.41) is 11.8. The molecule has 0 unspecified atom stereocenters. The molecule has 2 N–H and O–H groups in total. The number of imidazole rings is 2. The molecule has 16 heteroatoms. The maximum Gasteiger partial charge on any atom is 0.322 e. The molecule has 0 fully saturated rings. The number of fused-ring (bicyclic) bond motifs is 2. The number of nitrogen functional groups attached to an aromatic ring is 1. The number of nitro benzene ring substituents is 1. The zero-order valence-corrected chi connectivity index (χ0v) is 32.0. The summed E-state index contributed by atoms with van der Waals surface area (Å²) in [4.78, 5) is 44.0. The van der Waals surface area contributed by atoms with Crippen molar-refractivity contribution in [1.29, 1.82) is 0 Å². The predicted octanol–water partition coefficient (Wildman–Crippen LogP) is 8.69. The van der Waals surface area contributed by atoms with Crippen LogP contribution in [0.25, 0.3) is 33.4 Å². The Morgan fingerprint density at radius 2 is 1.17 bits per heavy atom. The number of rotatable bonds is 11. The van der Waals surface area contributed by atoms with E-state index in [0.29, 0.717) is 44.8 Å². The van der Waals surface area contributed by atoms with Gasteiger partial charge in [0.05, 0.1) is 57.6 Å². The molecule has 0 aliphatic rings. The average Bonchev–Trinajstić information content (AvgIpc) is 3.65. The number of benzene rings is 4. The molecule has 0 spiro atoms. The van der Waals surface area contributed by atoms with Gasteiger partial charge in [-0.05, 0) is 90.1 Å². The Balaban J connectivity index is 0.000000208. The minimum Gasteiger partial charge on any atom is -0.465 e. The van der Waals surface area contributed by atoms with E-state index in [0.717, 1.165) is 23.3 Å². The number of thioether (sulfide) groups is 2. The number of halogens is 2.